The fraction of sp³-hybridized carbons (Fsp3) is 0.278. The Morgan fingerprint density at radius 2 is 1.65 bits per heavy atom. The van der Waals surface area contributed by atoms with Gasteiger partial charge in [-0.25, -0.2) is 8.42 Å². The molecule has 0 radical (unpaired) electrons. The van der Waals surface area contributed by atoms with E-state index in [9.17, 15) is 18.3 Å². The van der Waals surface area contributed by atoms with Crippen molar-refractivity contribution in [2.24, 2.45) is 0 Å². The molecule has 8 heteroatoms. The van der Waals surface area contributed by atoms with Gasteiger partial charge in [0.1, 0.15) is 0 Å². The van der Waals surface area contributed by atoms with Crippen LogP contribution in [0.5, 0.6) is 0 Å². The molecule has 0 aliphatic heterocycles. The smallest absolute Gasteiger partial charge is 0.261 e. The number of carbonyl (C=O) groups excluding carboxylic acids is 1. The Balaban J connectivity index is 2.03. The van der Waals surface area contributed by atoms with E-state index in [4.69, 9.17) is 0 Å². The monoisotopic (exact) mass is 440 g/mol. The Labute approximate surface area is 161 Å². The van der Waals surface area contributed by atoms with E-state index in [0.29, 0.717) is 5.69 Å². The third-order valence-electron chi connectivity index (χ3n) is 3.57. The summed E-state index contributed by atoms with van der Waals surface area (Å²) in [6.07, 6.45) is 0.142. The molecule has 0 atom stereocenters. The minimum absolute atomic E-state index is 0.142. The normalized spacial score (nSPS) is 11.8. The summed E-state index contributed by atoms with van der Waals surface area (Å²) in [7, 11) is -3.67. The first-order valence-electron chi connectivity index (χ1n) is 7.90. The van der Waals surface area contributed by atoms with Gasteiger partial charge in [-0.05, 0) is 55.8 Å². The van der Waals surface area contributed by atoms with Crippen molar-refractivity contribution in [1.82, 2.24) is 5.32 Å². The molecule has 2 aromatic rings. The Kier molecular flexibility index (Phi) is 6.44. The lowest BCUT2D eigenvalue weighted by atomic mass is 10.1. The lowest BCUT2D eigenvalue weighted by molar-refractivity contribution is -0.122. The second-order valence-corrected chi connectivity index (χ2v) is 9.12. The first-order valence-corrected chi connectivity index (χ1v) is 10.2. The second-order valence-electron chi connectivity index (χ2n) is 6.52. The number of amides is 1. The van der Waals surface area contributed by atoms with Crippen molar-refractivity contribution in [3.8, 4) is 0 Å². The summed E-state index contributed by atoms with van der Waals surface area (Å²) < 4.78 is 28.0. The Hall–Kier alpha value is -1.90. The third kappa shape index (κ3) is 5.82. The summed E-state index contributed by atoms with van der Waals surface area (Å²) >= 11 is 3.27. The van der Waals surface area contributed by atoms with Crippen molar-refractivity contribution in [2.45, 2.75) is 30.7 Å². The van der Waals surface area contributed by atoms with Crippen LogP contribution in [0.25, 0.3) is 0 Å². The lowest BCUT2D eigenvalue weighted by Crippen LogP contribution is -2.46. The zero-order valence-corrected chi connectivity index (χ0v) is 16.9. The van der Waals surface area contributed by atoms with E-state index in [2.05, 4.69) is 26.0 Å². The molecule has 0 spiro atoms. The van der Waals surface area contributed by atoms with Gasteiger partial charge in [-0.15, -0.1) is 0 Å². The molecule has 0 heterocycles. The van der Waals surface area contributed by atoms with Crippen LogP contribution < -0.4 is 10.0 Å². The van der Waals surface area contributed by atoms with Crippen LogP contribution in [0.15, 0.2) is 57.9 Å². The Bertz CT molecular complexity index is 863. The van der Waals surface area contributed by atoms with Crippen LogP contribution >= 0.6 is 15.9 Å². The van der Waals surface area contributed by atoms with Crippen LogP contribution in [0.1, 0.15) is 19.4 Å². The minimum Gasteiger partial charge on any atom is -0.394 e. The fourth-order valence-corrected chi connectivity index (χ4v) is 3.49. The maximum Gasteiger partial charge on any atom is 0.261 e. The third-order valence-corrected chi connectivity index (χ3v) is 5.49. The van der Waals surface area contributed by atoms with Gasteiger partial charge in [-0.3, -0.25) is 9.52 Å². The molecule has 0 fully saturated rings. The van der Waals surface area contributed by atoms with Crippen LogP contribution in [0.2, 0.25) is 0 Å². The maximum absolute atomic E-state index is 12.4. The van der Waals surface area contributed by atoms with Gasteiger partial charge in [0, 0.05) is 10.2 Å². The molecule has 0 bridgehead atoms. The standard InChI is InChI=1S/C18H21BrN2O4S/c1-18(2,12-22)20-17(23)11-13-3-7-15(8-4-13)21-26(24,25)16-9-5-14(19)6-10-16/h3-10,21-22H,11-12H2,1-2H3,(H,20,23). The molecule has 0 aliphatic carbocycles. The molecule has 6 nitrogen and oxygen atoms in total. The van der Waals surface area contributed by atoms with E-state index in [1.54, 1.807) is 50.2 Å². The van der Waals surface area contributed by atoms with Crippen molar-refractivity contribution >= 4 is 37.5 Å². The van der Waals surface area contributed by atoms with Gasteiger partial charge < -0.3 is 10.4 Å². The number of nitrogens with one attached hydrogen (secondary N) is 2. The maximum atomic E-state index is 12.4. The molecular weight excluding hydrogens is 420 g/mol. The summed E-state index contributed by atoms with van der Waals surface area (Å²) in [6.45, 7) is 3.30. The minimum atomic E-state index is -3.67. The molecule has 26 heavy (non-hydrogen) atoms. The van der Waals surface area contributed by atoms with Crippen molar-refractivity contribution in [1.29, 1.82) is 0 Å². The number of anilines is 1. The number of rotatable bonds is 7. The van der Waals surface area contributed by atoms with Crippen LogP contribution in [-0.2, 0) is 21.2 Å². The molecule has 0 saturated carbocycles. The topological polar surface area (TPSA) is 95.5 Å². The predicted molar refractivity (Wildman–Crippen MR) is 104 cm³/mol. The highest BCUT2D eigenvalue weighted by atomic mass is 79.9. The number of hydrogen-bond donors (Lipinski definition) is 3. The average Bonchev–Trinajstić information content (AvgIpc) is 2.56. The Morgan fingerprint density at radius 3 is 2.19 bits per heavy atom. The molecule has 0 aromatic heterocycles. The zero-order chi connectivity index (χ0) is 19.4. The van der Waals surface area contributed by atoms with E-state index < -0.39 is 15.6 Å². The number of benzene rings is 2. The van der Waals surface area contributed by atoms with E-state index in [1.807, 2.05) is 0 Å². The van der Waals surface area contributed by atoms with E-state index >= 15 is 0 Å². The van der Waals surface area contributed by atoms with Gasteiger partial charge in [0.15, 0.2) is 0 Å². The SMILES string of the molecule is CC(C)(CO)NC(=O)Cc1ccc(NS(=O)(=O)c2ccc(Br)cc2)cc1. The van der Waals surface area contributed by atoms with Gasteiger partial charge >= 0.3 is 0 Å². The van der Waals surface area contributed by atoms with Gasteiger partial charge in [0.25, 0.3) is 10.0 Å². The Morgan fingerprint density at radius 1 is 1.08 bits per heavy atom. The van der Waals surface area contributed by atoms with Crippen LogP contribution in [0.4, 0.5) is 5.69 Å². The highest BCUT2D eigenvalue weighted by Crippen LogP contribution is 2.19. The quantitative estimate of drug-likeness (QED) is 0.616. The molecule has 140 valence electrons. The summed E-state index contributed by atoms with van der Waals surface area (Å²) in [6, 6.07) is 12.9. The first kappa shape index (κ1) is 20.4. The molecule has 0 unspecified atom stereocenters. The number of aliphatic hydroxyl groups excluding tert-OH is 1. The van der Waals surface area contributed by atoms with Gasteiger partial charge in [-0.2, -0.15) is 0 Å². The van der Waals surface area contributed by atoms with Gasteiger partial charge in [0.05, 0.1) is 23.5 Å². The number of halogens is 1. The molecule has 3 N–H and O–H groups in total. The largest absolute Gasteiger partial charge is 0.394 e. The molecule has 0 aliphatic rings. The summed E-state index contributed by atoms with van der Waals surface area (Å²) in [5.74, 6) is -0.216. The van der Waals surface area contributed by atoms with E-state index in [1.165, 1.54) is 12.1 Å². The summed E-state index contributed by atoms with van der Waals surface area (Å²) in [5, 5.41) is 11.9. The number of carbonyl (C=O) groups is 1. The molecule has 1 amide bonds. The van der Waals surface area contributed by atoms with Crippen molar-refractivity contribution in [3.63, 3.8) is 0 Å². The first-order chi connectivity index (χ1) is 12.1. The number of aliphatic hydroxyl groups is 1. The zero-order valence-electron chi connectivity index (χ0n) is 14.5. The number of sulfonamides is 1. The predicted octanol–water partition coefficient (Wildman–Crippen LogP) is 2.68. The van der Waals surface area contributed by atoms with Gasteiger partial charge in [0.2, 0.25) is 5.91 Å². The lowest BCUT2D eigenvalue weighted by Gasteiger charge is -2.23. The van der Waals surface area contributed by atoms with Crippen LogP contribution in [-0.4, -0.2) is 31.6 Å². The van der Waals surface area contributed by atoms with Crippen LogP contribution in [0, 0.1) is 0 Å². The summed E-state index contributed by atoms with van der Waals surface area (Å²) in [5.41, 5.74) is 0.465. The highest BCUT2D eigenvalue weighted by molar-refractivity contribution is 9.10. The van der Waals surface area contributed by atoms with Gasteiger partial charge in [-0.1, -0.05) is 28.1 Å². The molecule has 2 rings (SSSR count). The second kappa shape index (κ2) is 8.20. The average molecular weight is 441 g/mol. The number of hydrogen-bond acceptors (Lipinski definition) is 4. The molecule has 0 saturated heterocycles. The van der Waals surface area contributed by atoms with E-state index in [-0.39, 0.29) is 23.8 Å². The van der Waals surface area contributed by atoms with Crippen molar-refractivity contribution < 1.29 is 18.3 Å². The van der Waals surface area contributed by atoms with Crippen molar-refractivity contribution in [2.75, 3.05) is 11.3 Å². The summed E-state index contributed by atoms with van der Waals surface area (Å²) in [4.78, 5) is 12.1. The van der Waals surface area contributed by atoms with Crippen LogP contribution in [0.3, 0.4) is 0 Å². The van der Waals surface area contributed by atoms with E-state index in [0.717, 1.165) is 10.0 Å². The molecular formula is C18H21BrN2O4S. The molecule has 2 aromatic carbocycles. The van der Waals surface area contributed by atoms with Crippen molar-refractivity contribution in [3.05, 3.63) is 58.6 Å². The fourth-order valence-electron chi connectivity index (χ4n) is 2.17. The highest BCUT2D eigenvalue weighted by Gasteiger charge is 2.19.